The number of H-pyrrole nitrogens is 1. The monoisotopic (exact) mass is 238 g/mol. The molecular formula is C15H14N2O. The zero-order valence-corrected chi connectivity index (χ0v) is 10.1. The fourth-order valence-electron chi connectivity index (χ4n) is 2.08. The molecule has 3 nitrogen and oxygen atoms in total. The Labute approximate surface area is 105 Å². The molecule has 0 atom stereocenters. The minimum atomic E-state index is 0.780. The van der Waals surface area contributed by atoms with Gasteiger partial charge in [0.1, 0.15) is 5.75 Å². The summed E-state index contributed by atoms with van der Waals surface area (Å²) in [6.07, 6.45) is 0. The molecule has 18 heavy (non-hydrogen) atoms. The van der Waals surface area contributed by atoms with E-state index in [1.807, 2.05) is 42.5 Å². The smallest absolute Gasteiger partial charge is 0.118 e. The van der Waals surface area contributed by atoms with E-state index in [1.165, 1.54) is 0 Å². The Morgan fingerprint density at radius 1 is 1.00 bits per heavy atom. The number of aromatic nitrogens is 1. The minimum absolute atomic E-state index is 0.780. The van der Waals surface area contributed by atoms with Crippen LogP contribution in [0.3, 0.4) is 0 Å². The van der Waals surface area contributed by atoms with Crippen LogP contribution in [0.4, 0.5) is 5.69 Å². The molecule has 1 aromatic heterocycles. The number of anilines is 1. The number of benzene rings is 2. The molecule has 1 heterocycles. The second-order valence-electron chi connectivity index (χ2n) is 4.26. The SMILES string of the molecule is COc1ccc(-c2cc3cc(N)ccc3[nH]2)cc1. The first-order valence-electron chi connectivity index (χ1n) is 5.79. The van der Waals surface area contributed by atoms with Crippen LogP contribution < -0.4 is 10.5 Å². The van der Waals surface area contributed by atoms with Gasteiger partial charge in [0.25, 0.3) is 0 Å². The van der Waals surface area contributed by atoms with Crippen molar-refractivity contribution in [2.45, 2.75) is 0 Å². The third-order valence-electron chi connectivity index (χ3n) is 3.05. The Morgan fingerprint density at radius 3 is 2.50 bits per heavy atom. The average molecular weight is 238 g/mol. The van der Waals surface area contributed by atoms with E-state index in [2.05, 4.69) is 11.1 Å². The molecule has 0 radical (unpaired) electrons. The van der Waals surface area contributed by atoms with Gasteiger partial charge in [-0.1, -0.05) is 0 Å². The lowest BCUT2D eigenvalue weighted by Gasteiger charge is -2.01. The predicted octanol–water partition coefficient (Wildman–Crippen LogP) is 3.43. The van der Waals surface area contributed by atoms with Crippen LogP contribution in [0.15, 0.2) is 48.5 Å². The molecule has 0 aliphatic rings. The molecule has 3 aromatic rings. The first-order chi connectivity index (χ1) is 8.76. The number of nitrogen functional groups attached to an aromatic ring is 1. The van der Waals surface area contributed by atoms with Gasteiger partial charge in [0.05, 0.1) is 7.11 Å². The van der Waals surface area contributed by atoms with Crippen molar-refractivity contribution in [1.82, 2.24) is 4.98 Å². The van der Waals surface area contributed by atoms with Crippen molar-refractivity contribution >= 4 is 16.6 Å². The fourth-order valence-corrected chi connectivity index (χ4v) is 2.08. The van der Waals surface area contributed by atoms with Gasteiger partial charge in [-0.2, -0.15) is 0 Å². The molecule has 90 valence electrons. The van der Waals surface area contributed by atoms with Crippen LogP contribution >= 0.6 is 0 Å². The van der Waals surface area contributed by atoms with Crippen molar-refractivity contribution in [1.29, 1.82) is 0 Å². The topological polar surface area (TPSA) is 51.0 Å². The number of aromatic amines is 1. The highest BCUT2D eigenvalue weighted by Crippen LogP contribution is 2.26. The van der Waals surface area contributed by atoms with Gasteiger partial charge in [-0.3, -0.25) is 0 Å². The van der Waals surface area contributed by atoms with Crippen molar-refractivity contribution in [2.75, 3.05) is 12.8 Å². The maximum Gasteiger partial charge on any atom is 0.118 e. The van der Waals surface area contributed by atoms with E-state index < -0.39 is 0 Å². The Morgan fingerprint density at radius 2 is 1.78 bits per heavy atom. The molecule has 0 saturated heterocycles. The number of hydrogen-bond donors (Lipinski definition) is 2. The van der Waals surface area contributed by atoms with Crippen LogP contribution in [0, 0.1) is 0 Å². The lowest BCUT2D eigenvalue weighted by molar-refractivity contribution is 0.415. The summed E-state index contributed by atoms with van der Waals surface area (Å²) in [4.78, 5) is 3.38. The number of nitrogens with one attached hydrogen (secondary N) is 1. The second kappa shape index (κ2) is 4.11. The highest BCUT2D eigenvalue weighted by molar-refractivity contribution is 5.88. The molecule has 2 aromatic carbocycles. The van der Waals surface area contributed by atoms with Crippen LogP contribution in [-0.4, -0.2) is 12.1 Å². The van der Waals surface area contributed by atoms with E-state index >= 15 is 0 Å². The van der Waals surface area contributed by atoms with E-state index in [1.54, 1.807) is 7.11 Å². The largest absolute Gasteiger partial charge is 0.497 e. The summed E-state index contributed by atoms with van der Waals surface area (Å²) >= 11 is 0. The van der Waals surface area contributed by atoms with Crippen LogP contribution in [0.5, 0.6) is 5.75 Å². The second-order valence-corrected chi connectivity index (χ2v) is 4.26. The third-order valence-corrected chi connectivity index (χ3v) is 3.05. The van der Waals surface area contributed by atoms with Gasteiger partial charge in [0.15, 0.2) is 0 Å². The zero-order valence-electron chi connectivity index (χ0n) is 10.1. The lowest BCUT2D eigenvalue weighted by Crippen LogP contribution is -1.82. The molecule has 3 N–H and O–H groups in total. The van der Waals surface area contributed by atoms with E-state index in [0.29, 0.717) is 0 Å². The Balaban J connectivity index is 2.07. The Hall–Kier alpha value is -2.42. The van der Waals surface area contributed by atoms with Gasteiger partial charge in [-0.15, -0.1) is 0 Å². The van der Waals surface area contributed by atoms with Crippen LogP contribution in [0.25, 0.3) is 22.2 Å². The van der Waals surface area contributed by atoms with Crippen LogP contribution in [-0.2, 0) is 0 Å². The molecular weight excluding hydrogens is 224 g/mol. The number of hydrogen-bond acceptors (Lipinski definition) is 2. The number of fused-ring (bicyclic) bond motifs is 1. The van der Waals surface area contributed by atoms with Gasteiger partial charge in [-0.05, 0) is 54.1 Å². The first kappa shape index (κ1) is 10.7. The summed E-state index contributed by atoms with van der Waals surface area (Å²) in [6, 6.07) is 15.9. The molecule has 0 aliphatic heterocycles. The third kappa shape index (κ3) is 1.80. The predicted molar refractivity (Wildman–Crippen MR) is 74.7 cm³/mol. The number of nitrogens with two attached hydrogens (primary N) is 1. The fraction of sp³-hybridized carbons (Fsp3) is 0.0667. The molecule has 3 rings (SSSR count). The van der Waals surface area contributed by atoms with Crippen LogP contribution in [0.1, 0.15) is 0 Å². The van der Waals surface area contributed by atoms with Crippen molar-refractivity contribution in [2.24, 2.45) is 0 Å². The highest BCUT2D eigenvalue weighted by Gasteiger charge is 2.03. The summed E-state index contributed by atoms with van der Waals surface area (Å²) < 4.78 is 5.15. The summed E-state index contributed by atoms with van der Waals surface area (Å²) in [5.74, 6) is 0.860. The molecule has 0 aliphatic carbocycles. The Kier molecular flexibility index (Phi) is 2.45. The number of rotatable bonds is 2. The normalized spacial score (nSPS) is 10.7. The molecule has 0 fully saturated rings. The van der Waals surface area contributed by atoms with Gasteiger partial charge >= 0.3 is 0 Å². The Bertz CT molecular complexity index is 683. The quantitative estimate of drug-likeness (QED) is 0.672. The van der Waals surface area contributed by atoms with Gasteiger partial charge in [0, 0.05) is 22.3 Å². The van der Waals surface area contributed by atoms with E-state index in [0.717, 1.165) is 33.6 Å². The zero-order chi connectivity index (χ0) is 12.5. The molecule has 0 saturated carbocycles. The number of ether oxygens (including phenoxy) is 1. The maximum atomic E-state index is 5.78. The highest BCUT2D eigenvalue weighted by atomic mass is 16.5. The minimum Gasteiger partial charge on any atom is -0.497 e. The van der Waals surface area contributed by atoms with Crippen molar-refractivity contribution in [3.05, 3.63) is 48.5 Å². The standard InChI is InChI=1S/C15H14N2O/c1-18-13-5-2-10(3-6-13)15-9-11-8-12(16)4-7-14(11)17-15/h2-9,17H,16H2,1H3. The first-order valence-corrected chi connectivity index (χ1v) is 5.79. The summed E-state index contributed by atoms with van der Waals surface area (Å²) in [7, 11) is 1.67. The molecule has 0 bridgehead atoms. The maximum absolute atomic E-state index is 5.78. The molecule has 0 spiro atoms. The summed E-state index contributed by atoms with van der Waals surface area (Å²) in [5, 5.41) is 1.13. The van der Waals surface area contributed by atoms with Gasteiger partial charge < -0.3 is 15.5 Å². The summed E-state index contributed by atoms with van der Waals surface area (Å²) in [6.45, 7) is 0. The van der Waals surface area contributed by atoms with E-state index in [-0.39, 0.29) is 0 Å². The van der Waals surface area contributed by atoms with Crippen molar-refractivity contribution < 1.29 is 4.74 Å². The molecule has 0 amide bonds. The van der Waals surface area contributed by atoms with E-state index in [4.69, 9.17) is 10.5 Å². The van der Waals surface area contributed by atoms with Crippen molar-refractivity contribution in [3.63, 3.8) is 0 Å². The molecule has 0 unspecified atom stereocenters. The van der Waals surface area contributed by atoms with E-state index in [9.17, 15) is 0 Å². The number of methoxy groups -OCH3 is 1. The van der Waals surface area contributed by atoms with Gasteiger partial charge in [-0.25, -0.2) is 0 Å². The lowest BCUT2D eigenvalue weighted by atomic mass is 10.1. The van der Waals surface area contributed by atoms with Gasteiger partial charge in [0.2, 0.25) is 0 Å². The molecule has 3 heteroatoms. The van der Waals surface area contributed by atoms with Crippen LogP contribution in [0.2, 0.25) is 0 Å². The summed E-state index contributed by atoms with van der Waals surface area (Å²) in [5.41, 5.74) is 9.86. The average Bonchev–Trinajstić information content (AvgIpc) is 2.81. The van der Waals surface area contributed by atoms with Crippen molar-refractivity contribution in [3.8, 4) is 17.0 Å².